The Kier molecular flexibility index (Phi) is 3.42. The van der Waals surface area contributed by atoms with Crippen molar-refractivity contribution in [3.8, 4) is 0 Å². The zero-order chi connectivity index (χ0) is 9.97. The molecule has 2 rings (SSSR count). The number of nitrogens with one attached hydrogen (secondary N) is 2. The summed E-state index contributed by atoms with van der Waals surface area (Å²) < 4.78 is 0. The molecule has 2 heterocycles. The average Bonchev–Trinajstić information content (AvgIpc) is 2.18. The summed E-state index contributed by atoms with van der Waals surface area (Å²) in [7, 11) is 0. The highest BCUT2D eigenvalue weighted by atomic mass is 15.3. The molecule has 0 saturated carbocycles. The monoisotopic (exact) mass is 197 g/mol. The zero-order valence-corrected chi connectivity index (χ0v) is 9.42. The van der Waals surface area contributed by atoms with Gasteiger partial charge in [-0.1, -0.05) is 13.8 Å². The van der Waals surface area contributed by atoms with Crippen LogP contribution in [0.1, 0.15) is 20.3 Å². The minimum Gasteiger partial charge on any atom is -0.314 e. The predicted octanol–water partition coefficient (Wildman–Crippen LogP) is 0.278. The molecule has 3 heteroatoms. The molecule has 0 spiro atoms. The Morgan fingerprint density at radius 3 is 2.79 bits per heavy atom. The molecule has 0 aromatic carbocycles. The van der Waals surface area contributed by atoms with Crippen LogP contribution in [0.3, 0.4) is 0 Å². The average molecular weight is 197 g/mol. The molecule has 82 valence electrons. The van der Waals surface area contributed by atoms with E-state index in [9.17, 15) is 0 Å². The second kappa shape index (κ2) is 4.60. The standard InChI is InChI=1S/C11H23N3/c1-9(2)5-10-6-13-8-11-7-12-3-4-14(10)11/h9-13H,3-8H2,1-2H3. The minimum absolute atomic E-state index is 0.737. The summed E-state index contributed by atoms with van der Waals surface area (Å²) in [5, 5.41) is 7.03. The Morgan fingerprint density at radius 2 is 2.00 bits per heavy atom. The summed E-state index contributed by atoms with van der Waals surface area (Å²) in [5.74, 6) is 0.815. The summed E-state index contributed by atoms with van der Waals surface area (Å²) in [4.78, 5) is 2.72. The smallest absolute Gasteiger partial charge is 0.0349 e. The maximum Gasteiger partial charge on any atom is 0.0349 e. The van der Waals surface area contributed by atoms with E-state index in [4.69, 9.17) is 0 Å². The van der Waals surface area contributed by atoms with Gasteiger partial charge in [-0.3, -0.25) is 4.90 Å². The molecule has 0 aliphatic carbocycles. The number of nitrogens with zero attached hydrogens (tertiary/aromatic N) is 1. The van der Waals surface area contributed by atoms with Gasteiger partial charge in [-0.2, -0.15) is 0 Å². The minimum atomic E-state index is 0.737. The maximum atomic E-state index is 3.56. The van der Waals surface area contributed by atoms with Crippen LogP contribution in [0.25, 0.3) is 0 Å². The van der Waals surface area contributed by atoms with E-state index in [1.165, 1.54) is 39.1 Å². The van der Waals surface area contributed by atoms with Crippen molar-refractivity contribution in [1.29, 1.82) is 0 Å². The van der Waals surface area contributed by atoms with E-state index in [1.54, 1.807) is 0 Å². The van der Waals surface area contributed by atoms with Gasteiger partial charge in [-0.25, -0.2) is 0 Å². The molecule has 2 fully saturated rings. The van der Waals surface area contributed by atoms with E-state index < -0.39 is 0 Å². The van der Waals surface area contributed by atoms with E-state index in [0.29, 0.717) is 0 Å². The number of piperazine rings is 2. The SMILES string of the molecule is CC(C)CC1CNCC2CNCCN21. The Bertz CT molecular complexity index is 179. The third-order valence-electron chi connectivity index (χ3n) is 3.37. The van der Waals surface area contributed by atoms with Crippen LogP contribution < -0.4 is 10.6 Å². The fourth-order valence-electron chi connectivity index (χ4n) is 2.74. The van der Waals surface area contributed by atoms with Crippen molar-refractivity contribution in [3.05, 3.63) is 0 Å². The Balaban J connectivity index is 1.94. The van der Waals surface area contributed by atoms with E-state index in [2.05, 4.69) is 29.4 Å². The van der Waals surface area contributed by atoms with Gasteiger partial charge in [0.05, 0.1) is 0 Å². The molecule has 2 atom stereocenters. The molecule has 0 aromatic heterocycles. The second-order valence-corrected chi connectivity index (χ2v) is 5.04. The molecule has 2 aliphatic rings. The van der Waals surface area contributed by atoms with Gasteiger partial charge in [0.2, 0.25) is 0 Å². The van der Waals surface area contributed by atoms with Gasteiger partial charge in [0.1, 0.15) is 0 Å². The molecule has 0 amide bonds. The lowest BCUT2D eigenvalue weighted by atomic mass is 9.97. The fourth-order valence-corrected chi connectivity index (χ4v) is 2.74. The highest BCUT2D eigenvalue weighted by Crippen LogP contribution is 2.18. The lowest BCUT2D eigenvalue weighted by molar-refractivity contribution is 0.0637. The van der Waals surface area contributed by atoms with Crippen LogP contribution >= 0.6 is 0 Å². The fraction of sp³-hybridized carbons (Fsp3) is 1.00. The Hall–Kier alpha value is -0.120. The molecule has 0 bridgehead atoms. The molecule has 3 nitrogen and oxygen atoms in total. The molecular weight excluding hydrogens is 174 g/mol. The molecule has 2 unspecified atom stereocenters. The lowest BCUT2D eigenvalue weighted by Crippen LogP contribution is -2.64. The number of fused-ring (bicyclic) bond motifs is 1. The van der Waals surface area contributed by atoms with E-state index >= 15 is 0 Å². The summed E-state index contributed by atoms with van der Waals surface area (Å²) in [5.41, 5.74) is 0. The van der Waals surface area contributed by atoms with Crippen molar-refractivity contribution in [3.63, 3.8) is 0 Å². The van der Waals surface area contributed by atoms with Crippen LogP contribution in [-0.2, 0) is 0 Å². The largest absolute Gasteiger partial charge is 0.314 e. The van der Waals surface area contributed by atoms with Crippen molar-refractivity contribution in [1.82, 2.24) is 15.5 Å². The molecule has 2 N–H and O–H groups in total. The summed E-state index contributed by atoms with van der Waals surface area (Å²) in [6.07, 6.45) is 1.34. The van der Waals surface area contributed by atoms with Crippen molar-refractivity contribution >= 4 is 0 Å². The van der Waals surface area contributed by atoms with Crippen LogP contribution in [0.15, 0.2) is 0 Å². The summed E-state index contributed by atoms with van der Waals surface area (Å²) in [6, 6.07) is 1.51. The first kappa shape index (κ1) is 10.4. The topological polar surface area (TPSA) is 27.3 Å². The molecule has 0 aromatic rings. The Morgan fingerprint density at radius 1 is 1.21 bits per heavy atom. The normalized spacial score (nSPS) is 34.5. The summed E-state index contributed by atoms with van der Waals surface area (Å²) in [6.45, 7) is 10.6. The second-order valence-electron chi connectivity index (χ2n) is 5.04. The molecule has 2 aliphatic heterocycles. The predicted molar refractivity (Wildman–Crippen MR) is 59.5 cm³/mol. The van der Waals surface area contributed by atoms with E-state index in [0.717, 1.165) is 18.0 Å². The number of hydrogen-bond acceptors (Lipinski definition) is 3. The van der Waals surface area contributed by atoms with Crippen molar-refractivity contribution in [2.24, 2.45) is 5.92 Å². The van der Waals surface area contributed by atoms with Gasteiger partial charge in [0.25, 0.3) is 0 Å². The first-order valence-corrected chi connectivity index (χ1v) is 5.94. The first-order valence-electron chi connectivity index (χ1n) is 5.94. The summed E-state index contributed by atoms with van der Waals surface area (Å²) >= 11 is 0. The molecule has 0 radical (unpaired) electrons. The maximum absolute atomic E-state index is 3.56. The molecule has 14 heavy (non-hydrogen) atoms. The van der Waals surface area contributed by atoms with Gasteiger partial charge in [-0.15, -0.1) is 0 Å². The highest BCUT2D eigenvalue weighted by Gasteiger charge is 2.31. The third kappa shape index (κ3) is 2.27. The third-order valence-corrected chi connectivity index (χ3v) is 3.37. The molecular formula is C11H23N3. The number of rotatable bonds is 2. The molecule has 2 saturated heterocycles. The van der Waals surface area contributed by atoms with Crippen LogP contribution in [0.5, 0.6) is 0 Å². The van der Waals surface area contributed by atoms with Crippen molar-refractivity contribution < 1.29 is 0 Å². The van der Waals surface area contributed by atoms with Gasteiger partial charge < -0.3 is 10.6 Å². The first-order chi connectivity index (χ1) is 6.77. The van der Waals surface area contributed by atoms with Crippen LogP contribution in [-0.4, -0.2) is 49.7 Å². The quantitative estimate of drug-likeness (QED) is 0.666. The van der Waals surface area contributed by atoms with Crippen molar-refractivity contribution in [2.45, 2.75) is 32.4 Å². The number of hydrogen-bond donors (Lipinski definition) is 2. The van der Waals surface area contributed by atoms with Gasteiger partial charge in [-0.05, 0) is 12.3 Å². The van der Waals surface area contributed by atoms with Crippen molar-refractivity contribution in [2.75, 3.05) is 32.7 Å². The van der Waals surface area contributed by atoms with E-state index in [-0.39, 0.29) is 0 Å². The van der Waals surface area contributed by atoms with Crippen LogP contribution in [0, 0.1) is 5.92 Å². The lowest BCUT2D eigenvalue weighted by Gasteiger charge is -2.46. The Labute approximate surface area is 87.2 Å². The van der Waals surface area contributed by atoms with Crippen LogP contribution in [0.2, 0.25) is 0 Å². The highest BCUT2D eigenvalue weighted by molar-refractivity contribution is 4.91. The van der Waals surface area contributed by atoms with Gasteiger partial charge in [0.15, 0.2) is 0 Å². The van der Waals surface area contributed by atoms with Gasteiger partial charge >= 0.3 is 0 Å². The van der Waals surface area contributed by atoms with Gasteiger partial charge in [0, 0.05) is 44.8 Å². The zero-order valence-electron chi connectivity index (χ0n) is 9.42. The van der Waals surface area contributed by atoms with Crippen LogP contribution in [0.4, 0.5) is 0 Å². The van der Waals surface area contributed by atoms with E-state index in [1.807, 2.05) is 0 Å².